The minimum atomic E-state index is -0.652. The lowest BCUT2D eigenvalue weighted by Gasteiger charge is -2.39. The van der Waals surface area contributed by atoms with Gasteiger partial charge in [0.1, 0.15) is 0 Å². The normalized spacial score (nSPS) is 35.0. The summed E-state index contributed by atoms with van der Waals surface area (Å²) in [4.78, 5) is 12.5. The average molecular weight is 264 g/mol. The lowest BCUT2D eigenvalue weighted by molar-refractivity contribution is -0.284. The highest BCUT2D eigenvalue weighted by Gasteiger charge is 2.56. The Labute approximate surface area is 115 Å². The highest BCUT2D eigenvalue weighted by molar-refractivity contribution is 5.84. The number of hydrogen-bond donors (Lipinski definition) is 0. The first-order valence-electron chi connectivity index (χ1n) is 7.42. The molecule has 1 heterocycles. The molecule has 1 aliphatic heterocycles. The predicted octanol–water partition coefficient (Wildman–Crippen LogP) is 3.58. The second kappa shape index (κ2) is 4.08. The zero-order valence-electron chi connectivity index (χ0n) is 12.3. The third kappa shape index (κ3) is 2.33. The van der Waals surface area contributed by atoms with E-state index in [4.69, 9.17) is 9.47 Å². The molecule has 0 bridgehead atoms. The first kappa shape index (κ1) is 13.2. The van der Waals surface area contributed by atoms with Crippen LogP contribution >= 0.6 is 0 Å². The number of ether oxygens (including phenoxy) is 2. The van der Waals surface area contributed by atoms with Crippen molar-refractivity contribution in [1.82, 2.24) is 0 Å². The van der Waals surface area contributed by atoms with Crippen molar-refractivity contribution in [2.75, 3.05) is 6.61 Å². The van der Waals surface area contributed by atoms with E-state index in [-0.39, 0.29) is 11.4 Å². The van der Waals surface area contributed by atoms with Crippen LogP contribution in [0, 0.1) is 10.8 Å². The van der Waals surface area contributed by atoms with Gasteiger partial charge < -0.3 is 9.47 Å². The van der Waals surface area contributed by atoms with E-state index in [9.17, 15) is 4.79 Å². The van der Waals surface area contributed by atoms with Gasteiger partial charge in [-0.15, -0.1) is 0 Å². The molecule has 0 aromatic carbocycles. The van der Waals surface area contributed by atoms with Crippen LogP contribution in [0.2, 0.25) is 0 Å². The first-order valence-corrected chi connectivity index (χ1v) is 7.42. The molecule has 1 unspecified atom stereocenters. The second-order valence-electron chi connectivity index (χ2n) is 7.30. The second-order valence-corrected chi connectivity index (χ2v) is 7.30. The van der Waals surface area contributed by atoms with Crippen molar-refractivity contribution >= 4 is 5.97 Å². The minimum absolute atomic E-state index is 0.0549. The van der Waals surface area contributed by atoms with Crippen molar-refractivity contribution < 1.29 is 14.3 Å². The standard InChI is InChI=1S/C16H24O3/c1-14(2)6-4-12(5-7-14)16(8-9-16)13(17)19-15(3)10-11-18-15/h4H,5-11H2,1-3H3. The molecule has 0 radical (unpaired) electrons. The third-order valence-electron chi connectivity index (χ3n) is 5.00. The quantitative estimate of drug-likeness (QED) is 0.577. The first-order chi connectivity index (χ1) is 8.85. The van der Waals surface area contributed by atoms with E-state index < -0.39 is 5.79 Å². The van der Waals surface area contributed by atoms with Crippen molar-refractivity contribution in [3.63, 3.8) is 0 Å². The molecular formula is C16H24O3. The van der Waals surface area contributed by atoms with E-state index in [2.05, 4.69) is 19.9 Å². The number of carbonyl (C=O) groups excluding carboxylic acids is 1. The van der Waals surface area contributed by atoms with Crippen LogP contribution in [-0.4, -0.2) is 18.4 Å². The molecule has 3 aliphatic rings. The summed E-state index contributed by atoms with van der Waals surface area (Å²) in [6, 6.07) is 0. The molecule has 0 N–H and O–H groups in total. The summed E-state index contributed by atoms with van der Waals surface area (Å²) >= 11 is 0. The van der Waals surface area contributed by atoms with Gasteiger partial charge in [0.25, 0.3) is 0 Å². The molecule has 0 spiro atoms. The van der Waals surface area contributed by atoms with Gasteiger partial charge in [-0.3, -0.25) is 4.79 Å². The molecular weight excluding hydrogens is 240 g/mol. The molecule has 0 aromatic rings. The van der Waals surface area contributed by atoms with E-state index >= 15 is 0 Å². The van der Waals surface area contributed by atoms with Crippen LogP contribution in [-0.2, 0) is 14.3 Å². The fraction of sp³-hybridized carbons (Fsp3) is 0.812. The Kier molecular flexibility index (Phi) is 2.83. The predicted molar refractivity (Wildman–Crippen MR) is 72.4 cm³/mol. The molecule has 2 aliphatic carbocycles. The fourth-order valence-corrected chi connectivity index (χ4v) is 3.06. The van der Waals surface area contributed by atoms with Crippen LogP contribution in [0.3, 0.4) is 0 Å². The minimum Gasteiger partial charge on any atom is -0.433 e. The summed E-state index contributed by atoms with van der Waals surface area (Å²) in [6.07, 6.45) is 8.30. The number of allylic oxidation sites excluding steroid dienone is 1. The Hall–Kier alpha value is -0.830. The van der Waals surface area contributed by atoms with Gasteiger partial charge in [-0.2, -0.15) is 0 Å². The summed E-state index contributed by atoms with van der Waals surface area (Å²) in [6.45, 7) is 7.15. The maximum Gasteiger partial charge on any atom is 0.318 e. The van der Waals surface area contributed by atoms with Gasteiger partial charge >= 0.3 is 5.97 Å². The van der Waals surface area contributed by atoms with Crippen molar-refractivity contribution in [2.45, 2.75) is 65.1 Å². The van der Waals surface area contributed by atoms with Crippen LogP contribution in [0.15, 0.2) is 11.6 Å². The van der Waals surface area contributed by atoms with Crippen LogP contribution < -0.4 is 0 Å². The molecule has 1 saturated carbocycles. The molecule has 0 amide bonds. The van der Waals surface area contributed by atoms with Gasteiger partial charge in [-0.05, 0) is 37.5 Å². The maximum atomic E-state index is 12.5. The lowest BCUT2D eigenvalue weighted by atomic mass is 9.74. The Morgan fingerprint density at radius 1 is 1.21 bits per heavy atom. The largest absolute Gasteiger partial charge is 0.433 e. The molecule has 1 saturated heterocycles. The van der Waals surface area contributed by atoms with Gasteiger partial charge in [0.05, 0.1) is 12.0 Å². The van der Waals surface area contributed by atoms with E-state index in [0.29, 0.717) is 12.0 Å². The summed E-state index contributed by atoms with van der Waals surface area (Å²) in [5.41, 5.74) is 1.41. The maximum absolute atomic E-state index is 12.5. The molecule has 0 aromatic heterocycles. The van der Waals surface area contributed by atoms with Gasteiger partial charge in [0.15, 0.2) is 0 Å². The highest BCUT2D eigenvalue weighted by atomic mass is 16.7. The van der Waals surface area contributed by atoms with Crippen LogP contribution in [0.1, 0.15) is 59.3 Å². The molecule has 19 heavy (non-hydrogen) atoms. The molecule has 3 rings (SSSR count). The summed E-state index contributed by atoms with van der Waals surface area (Å²) < 4.78 is 11.0. The van der Waals surface area contributed by atoms with Crippen molar-refractivity contribution in [1.29, 1.82) is 0 Å². The Bertz CT molecular complexity index is 425. The average Bonchev–Trinajstić information content (AvgIpc) is 3.08. The Morgan fingerprint density at radius 3 is 2.32 bits per heavy atom. The van der Waals surface area contributed by atoms with Gasteiger partial charge in [0.2, 0.25) is 5.79 Å². The Balaban J connectivity index is 1.70. The SMILES string of the molecule is CC1(C)CC=C(C2(C(=O)OC3(C)CCO3)CC2)CC1. The van der Waals surface area contributed by atoms with Gasteiger partial charge in [-0.1, -0.05) is 25.5 Å². The van der Waals surface area contributed by atoms with Crippen LogP contribution in [0.25, 0.3) is 0 Å². The number of carbonyl (C=O) groups is 1. The number of rotatable bonds is 3. The summed E-state index contributed by atoms with van der Waals surface area (Å²) in [7, 11) is 0. The van der Waals surface area contributed by atoms with E-state index in [1.165, 1.54) is 12.0 Å². The van der Waals surface area contributed by atoms with Crippen molar-refractivity contribution in [3.8, 4) is 0 Å². The zero-order valence-corrected chi connectivity index (χ0v) is 12.3. The van der Waals surface area contributed by atoms with E-state index in [1.807, 2.05) is 6.92 Å². The van der Waals surface area contributed by atoms with Crippen molar-refractivity contribution in [2.24, 2.45) is 10.8 Å². The monoisotopic (exact) mass is 264 g/mol. The number of esters is 1. The fourth-order valence-electron chi connectivity index (χ4n) is 3.06. The van der Waals surface area contributed by atoms with Gasteiger partial charge in [-0.25, -0.2) is 0 Å². The van der Waals surface area contributed by atoms with Gasteiger partial charge in [0, 0.05) is 13.3 Å². The molecule has 1 atom stereocenters. The molecule has 2 fully saturated rings. The molecule has 106 valence electrons. The van der Waals surface area contributed by atoms with E-state index in [0.717, 1.165) is 32.1 Å². The lowest BCUT2D eigenvalue weighted by Crippen LogP contribution is -2.46. The van der Waals surface area contributed by atoms with Crippen LogP contribution in [0.4, 0.5) is 0 Å². The smallest absolute Gasteiger partial charge is 0.318 e. The third-order valence-corrected chi connectivity index (χ3v) is 5.00. The van der Waals surface area contributed by atoms with E-state index in [1.54, 1.807) is 0 Å². The molecule has 3 heteroatoms. The zero-order chi connectivity index (χ0) is 13.7. The summed E-state index contributed by atoms with van der Waals surface area (Å²) in [5.74, 6) is -0.707. The number of hydrogen-bond acceptors (Lipinski definition) is 3. The summed E-state index contributed by atoms with van der Waals surface area (Å²) in [5, 5.41) is 0. The molecule has 3 nitrogen and oxygen atoms in total. The van der Waals surface area contributed by atoms with Crippen LogP contribution in [0.5, 0.6) is 0 Å². The Morgan fingerprint density at radius 2 is 1.89 bits per heavy atom. The topological polar surface area (TPSA) is 35.5 Å². The van der Waals surface area contributed by atoms with Crippen molar-refractivity contribution in [3.05, 3.63) is 11.6 Å². The highest BCUT2D eigenvalue weighted by Crippen LogP contribution is 2.57.